The van der Waals surface area contributed by atoms with Crippen LogP contribution < -0.4 is 0 Å². The first-order valence-electron chi connectivity index (χ1n) is 6.29. The van der Waals surface area contributed by atoms with Crippen LogP contribution in [0.3, 0.4) is 0 Å². The predicted octanol–water partition coefficient (Wildman–Crippen LogP) is 1.39. The second-order valence-corrected chi connectivity index (χ2v) is 6.00. The summed E-state index contributed by atoms with van der Waals surface area (Å²) in [6, 6.07) is 1.10. The number of thiol groups is 1. The van der Waals surface area contributed by atoms with E-state index in [1.807, 2.05) is 0 Å². The van der Waals surface area contributed by atoms with Crippen LogP contribution in [0.1, 0.15) is 33.1 Å². The number of piperidine rings is 1. The number of amides is 1. The van der Waals surface area contributed by atoms with Crippen molar-refractivity contribution in [1.82, 2.24) is 9.80 Å². The van der Waals surface area contributed by atoms with Crippen LogP contribution in [-0.2, 0) is 4.79 Å². The Hall–Kier alpha value is -0.220. The Labute approximate surface area is 104 Å². The molecule has 2 aliphatic rings. The first-order valence-corrected chi connectivity index (χ1v) is 6.81. The quantitative estimate of drug-likeness (QED) is 0.740. The Morgan fingerprint density at radius 1 is 1.31 bits per heavy atom. The molecule has 0 bridgehead atoms. The molecule has 0 aliphatic carbocycles. The summed E-state index contributed by atoms with van der Waals surface area (Å²) in [5.41, 5.74) is 0. The molecular weight excluding hydrogens is 220 g/mol. The first-order chi connectivity index (χ1) is 7.58. The summed E-state index contributed by atoms with van der Waals surface area (Å²) in [6.07, 6.45) is 2.89. The number of hydrogen-bond acceptors (Lipinski definition) is 3. The molecule has 0 aromatic heterocycles. The fraction of sp³-hybridized carbons (Fsp3) is 0.917. The Bertz CT molecular complexity index is 262. The zero-order chi connectivity index (χ0) is 11.7. The molecule has 3 nitrogen and oxygen atoms in total. The van der Waals surface area contributed by atoms with Crippen molar-refractivity contribution in [2.45, 2.75) is 50.4 Å². The van der Waals surface area contributed by atoms with E-state index in [2.05, 4.69) is 36.3 Å². The molecule has 1 atom stereocenters. The normalized spacial score (nSPS) is 29.4. The van der Waals surface area contributed by atoms with Gasteiger partial charge in [0.25, 0.3) is 0 Å². The molecule has 1 amide bonds. The molecular formula is C12H22N2OS. The van der Waals surface area contributed by atoms with Gasteiger partial charge in [-0.2, -0.15) is 12.6 Å². The molecule has 2 aliphatic heterocycles. The van der Waals surface area contributed by atoms with Crippen molar-refractivity contribution in [3.63, 3.8) is 0 Å². The van der Waals surface area contributed by atoms with Gasteiger partial charge < -0.3 is 9.80 Å². The van der Waals surface area contributed by atoms with E-state index in [9.17, 15) is 4.79 Å². The van der Waals surface area contributed by atoms with Crippen LogP contribution in [0.4, 0.5) is 0 Å². The number of likely N-dealkylation sites (tertiary alicyclic amines) is 2. The first kappa shape index (κ1) is 12.2. The van der Waals surface area contributed by atoms with Crippen LogP contribution in [0, 0.1) is 0 Å². The minimum absolute atomic E-state index is 0.260. The molecule has 0 aromatic carbocycles. The zero-order valence-corrected chi connectivity index (χ0v) is 11.1. The summed E-state index contributed by atoms with van der Waals surface area (Å²) in [6.45, 7) is 7.59. The smallest absolute Gasteiger partial charge is 0.224 e. The van der Waals surface area contributed by atoms with Gasteiger partial charge in [-0.15, -0.1) is 0 Å². The molecule has 0 spiro atoms. The maximum absolute atomic E-state index is 11.8. The van der Waals surface area contributed by atoms with Gasteiger partial charge in [-0.1, -0.05) is 0 Å². The lowest BCUT2D eigenvalue weighted by molar-refractivity contribution is -0.130. The third-order valence-corrected chi connectivity index (χ3v) is 4.15. The number of carbonyl (C=O) groups excluding carboxylic acids is 1. The van der Waals surface area contributed by atoms with Gasteiger partial charge in [0.15, 0.2) is 0 Å². The molecule has 16 heavy (non-hydrogen) atoms. The lowest BCUT2D eigenvalue weighted by Gasteiger charge is -2.38. The van der Waals surface area contributed by atoms with E-state index in [1.54, 1.807) is 0 Å². The van der Waals surface area contributed by atoms with Crippen molar-refractivity contribution in [2.75, 3.05) is 19.6 Å². The Morgan fingerprint density at radius 3 is 2.38 bits per heavy atom. The van der Waals surface area contributed by atoms with Crippen molar-refractivity contribution in [2.24, 2.45) is 0 Å². The highest BCUT2D eigenvalue weighted by Crippen LogP contribution is 2.25. The fourth-order valence-corrected chi connectivity index (χ4v) is 3.11. The lowest BCUT2D eigenvalue weighted by Crippen LogP contribution is -2.47. The molecule has 0 aromatic rings. The molecule has 1 unspecified atom stereocenters. The third-order valence-electron chi connectivity index (χ3n) is 3.81. The molecule has 4 heteroatoms. The molecule has 2 rings (SSSR count). The van der Waals surface area contributed by atoms with Crippen LogP contribution >= 0.6 is 12.6 Å². The summed E-state index contributed by atoms with van der Waals surface area (Å²) in [4.78, 5) is 16.3. The van der Waals surface area contributed by atoms with E-state index in [0.717, 1.165) is 32.5 Å². The van der Waals surface area contributed by atoms with E-state index < -0.39 is 0 Å². The molecule has 0 radical (unpaired) electrons. The van der Waals surface area contributed by atoms with Gasteiger partial charge in [0.05, 0.1) is 0 Å². The van der Waals surface area contributed by atoms with Gasteiger partial charge in [-0.3, -0.25) is 4.79 Å². The second-order valence-electron chi connectivity index (χ2n) is 5.26. The van der Waals surface area contributed by atoms with E-state index in [4.69, 9.17) is 0 Å². The van der Waals surface area contributed by atoms with Gasteiger partial charge >= 0.3 is 0 Å². The second kappa shape index (κ2) is 4.96. The van der Waals surface area contributed by atoms with Gasteiger partial charge in [0, 0.05) is 43.4 Å². The van der Waals surface area contributed by atoms with E-state index in [-0.39, 0.29) is 5.25 Å². The number of carbonyl (C=O) groups is 1. The molecule has 2 saturated heterocycles. The van der Waals surface area contributed by atoms with E-state index in [0.29, 0.717) is 24.4 Å². The summed E-state index contributed by atoms with van der Waals surface area (Å²) in [7, 11) is 0. The van der Waals surface area contributed by atoms with E-state index >= 15 is 0 Å². The summed E-state index contributed by atoms with van der Waals surface area (Å²) < 4.78 is 0. The number of hydrogen-bond donors (Lipinski definition) is 1. The van der Waals surface area contributed by atoms with Crippen LogP contribution in [0.25, 0.3) is 0 Å². The summed E-state index contributed by atoms with van der Waals surface area (Å²) in [5.74, 6) is 0.308. The van der Waals surface area contributed by atoms with Crippen molar-refractivity contribution in [3.05, 3.63) is 0 Å². The lowest BCUT2D eigenvalue weighted by atomic mass is 10.0. The minimum atomic E-state index is 0.260. The van der Waals surface area contributed by atoms with Crippen LogP contribution in [0.2, 0.25) is 0 Å². The van der Waals surface area contributed by atoms with Crippen LogP contribution in [0.5, 0.6) is 0 Å². The highest BCUT2D eigenvalue weighted by atomic mass is 32.1. The van der Waals surface area contributed by atoms with E-state index in [1.165, 1.54) is 0 Å². The maximum atomic E-state index is 11.8. The molecule has 0 N–H and O–H groups in total. The van der Waals surface area contributed by atoms with Crippen LogP contribution in [-0.4, -0.2) is 52.7 Å². The monoisotopic (exact) mass is 242 g/mol. The van der Waals surface area contributed by atoms with Crippen LogP contribution in [0.15, 0.2) is 0 Å². The third kappa shape index (κ3) is 2.54. The van der Waals surface area contributed by atoms with Gasteiger partial charge in [0.2, 0.25) is 5.91 Å². The maximum Gasteiger partial charge on any atom is 0.224 e. The van der Waals surface area contributed by atoms with Gasteiger partial charge in [0.1, 0.15) is 0 Å². The fourth-order valence-electron chi connectivity index (χ4n) is 2.78. The Morgan fingerprint density at radius 2 is 1.94 bits per heavy atom. The van der Waals surface area contributed by atoms with Crippen molar-refractivity contribution >= 4 is 18.5 Å². The van der Waals surface area contributed by atoms with Crippen molar-refractivity contribution < 1.29 is 4.79 Å². The number of rotatable bonds is 2. The topological polar surface area (TPSA) is 23.6 Å². The Balaban J connectivity index is 1.87. The standard InChI is InChI=1S/C12H22N2OS/c1-9(2)13-5-3-10(4-6-13)14-8-11(16)7-12(14)15/h9-11,16H,3-8H2,1-2H3. The summed E-state index contributed by atoms with van der Waals surface area (Å²) in [5, 5.41) is 0.260. The molecule has 2 fully saturated rings. The average molecular weight is 242 g/mol. The van der Waals surface area contributed by atoms with Gasteiger partial charge in [-0.25, -0.2) is 0 Å². The number of nitrogens with zero attached hydrogens (tertiary/aromatic N) is 2. The Kier molecular flexibility index (Phi) is 3.80. The highest BCUT2D eigenvalue weighted by molar-refractivity contribution is 7.81. The average Bonchev–Trinajstić information content (AvgIpc) is 2.58. The zero-order valence-electron chi connectivity index (χ0n) is 10.2. The SMILES string of the molecule is CC(C)N1CCC(N2CC(S)CC2=O)CC1. The molecule has 0 saturated carbocycles. The summed E-state index contributed by atoms with van der Waals surface area (Å²) >= 11 is 4.41. The van der Waals surface area contributed by atoms with Crippen molar-refractivity contribution in [1.29, 1.82) is 0 Å². The molecule has 2 heterocycles. The van der Waals surface area contributed by atoms with Gasteiger partial charge in [-0.05, 0) is 26.7 Å². The highest BCUT2D eigenvalue weighted by Gasteiger charge is 2.34. The van der Waals surface area contributed by atoms with Crippen molar-refractivity contribution in [3.8, 4) is 0 Å². The largest absolute Gasteiger partial charge is 0.338 e. The molecule has 92 valence electrons. The predicted molar refractivity (Wildman–Crippen MR) is 68.8 cm³/mol. The minimum Gasteiger partial charge on any atom is -0.338 e.